The molecule has 0 saturated carbocycles. The minimum Gasteiger partial charge on any atom is -0.347 e. The van der Waals surface area contributed by atoms with E-state index in [0.717, 1.165) is 38.0 Å². The summed E-state index contributed by atoms with van der Waals surface area (Å²) in [5.74, 6) is 0.181. The lowest BCUT2D eigenvalue weighted by atomic mass is 9.65. The van der Waals surface area contributed by atoms with Gasteiger partial charge in [0.15, 0.2) is 0 Å². The Morgan fingerprint density at radius 2 is 2.00 bits per heavy atom. The predicted molar refractivity (Wildman–Crippen MR) is 124 cm³/mol. The first-order chi connectivity index (χ1) is 15.5. The number of aromatic nitrogens is 2. The highest BCUT2D eigenvalue weighted by Gasteiger charge is 2.44. The van der Waals surface area contributed by atoms with E-state index in [1.54, 1.807) is 6.33 Å². The maximum atomic E-state index is 10.5. The first-order valence-electron chi connectivity index (χ1n) is 11.2. The zero-order valence-electron chi connectivity index (χ0n) is 18.8. The largest absolute Gasteiger partial charge is 0.347 e. The molecule has 1 aromatic heterocycles. The van der Waals surface area contributed by atoms with E-state index >= 15 is 0 Å². The maximum absolute atomic E-state index is 10.5. The number of nitriles is 2. The molecule has 1 N–H and O–H groups in total. The van der Waals surface area contributed by atoms with Crippen LogP contribution in [0.25, 0.3) is 0 Å². The molecule has 1 saturated heterocycles. The quantitative estimate of drug-likeness (QED) is 0.607. The fourth-order valence-corrected chi connectivity index (χ4v) is 5.01. The number of hydrogen-bond acceptors (Lipinski definition) is 4. The Morgan fingerprint density at radius 3 is 2.66 bits per heavy atom. The highest BCUT2D eigenvalue weighted by atomic mass is 15.2. The van der Waals surface area contributed by atoms with E-state index in [1.807, 2.05) is 30.5 Å². The molecule has 1 aliphatic heterocycles. The van der Waals surface area contributed by atoms with E-state index in [9.17, 15) is 5.26 Å². The van der Waals surface area contributed by atoms with Gasteiger partial charge in [-0.2, -0.15) is 10.5 Å². The Balaban J connectivity index is 1.63. The topological polar surface area (TPSA) is 79.5 Å². The lowest BCUT2D eigenvalue weighted by molar-refractivity contribution is 0.0479. The van der Waals surface area contributed by atoms with Crippen molar-refractivity contribution >= 4 is 0 Å². The fraction of sp³-hybridized carbons (Fsp3) is 0.370. The number of H-pyrrole nitrogens is 1. The van der Waals surface area contributed by atoms with Gasteiger partial charge in [-0.15, -0.1) is 0 Å². The molecule has 5 heteroatoms. The molecule has 0 amide bonds. The molecule has 2 heterocycles. The Hall–Kier alpha value is -3.41. The van der Waals surface area contributed by atoms with Crippen LogP contribution in [0.2, 0.25) is 0 Å². The molecule has 5 nitrogen and oxygen atoms in total. The third-order valence-corrected chi connectivity index (χ3v) is 6.99. The van der Waals surface area contributed by atoms with E-state index in [0.29, 0.717) is 5.56 Å². The SMILES string of the molecule is Cc1cccc(CC2(C#N)CCN(C(C)c3cnc[nH]3)CC2Cc2ccc(C#N)cc2)c1. The van der Waals surface area contributed by atoms with Crippen molar-refractivity contribution in [3.8, 4) is 12.1 Å². The summed E-state index contributed by atoms with van der Waals surface area (Å²) in [7, 11) is 0. The van der Waals surface area contributed by atoms with Gasteiger partial charge >= 0.3 is 0 Å². The normalized spacial score (nSPS) is 22.1. The summed E-state index contributed by atoms with van der Waals surface area (Å²) >= 11 is 0. The summed E-state index contributed by atoms with van der Waals surface area (Å²) in [6.07, 6.45) is 6.02. The minimum atomic E-state index is -0.425. The Bertz CT molecular complexity index is 1120. The molecule has 0 radical (unpaired) electrons. The number of benzene rings is 2. The van der Waals surface area contributed by atoms with Gasteiger partial charge in [-0.1, -0.05) is 42.0 Å². The average molecular weight is 424 g/mol. The van der Waals surface area contributed by atoms with Gasteiger partial charge in [-0.05, 0) is 62.3 Å². The average Bonchev–Trinajstić information content (AvgIpc) is 3.35. The number of hydrogen-bond donors (Lipinski definition) is 1. The first-order valence-corrected chi connectivity index (χ1v) is 11.2. The van der Waals surface area contributed by atoms with Crippen molar-refractivity contribution in [1.29, 1.82) is 10.5 Å². The van der Waals surface area contributed by atoms with Crippen molar-refractivity contribution in [2.24, 2.45) is 11.3 Å². The van der Waals surface area contributed by atoms with Crippen LogP contribution in [-0.4, -0.2) is 28.0 Å². The van der Waals surface area contributed by atoms with Gasteiger partial charge < -0.3 is 4.98 Å². The van der Waals surface area contributed by atoms with E-state index in [1.165, 1.54) is 16.7 Å². The summed E-state index contributed by atoms with van der Waals surface area (Å²) in [6.45, 7) is 6.03. The van der Waals surface area contributed by atoms with Crippen LogP contribution in [0.3, 0.4) is 0 Å². The second kappa shape index (κ2) is 9.39. The number of piperidine rings is 1. The zero-order chi connectivity index (χ0) is 22.6. The van der Waals surface area contributed by atoms with Crippen LogP contribution >= 0.6 is 0 Å². The molecule has 4 rings (SSSR count). The Kier molecular flexibility index (Phi) is 6.40. The van der Waals surface area contributed by atoms with Crippen LogP contribution in [0.4, 0.5) is 0 Å². The number of imidazole rings is 1. The van der Waals surface area contributed by atoms with Crippen LogP contribution in [0.5, 0.6) is 0 Å². The molecule has 3 aromatic rings. The first kappa shape index (κ1) is 21.8. The Labute approximate surface area is 190 Å². The summed E-state index contributed by atoms with van der Waals surface area (Å²) in [5.41, 5.74) is 4.97. The fourth-order valence-electron chi connectivity index (χ4n) is 5.01. The second-order valence-corrected chi connectivity index (χ2v) is 9.07. The molecular weight excluding hydrogens is 394 g/mol. The maximum Gasteiger partial charge on any atom is 0.0991 e. The van der Waals surface area contributed by atoms with Crippen LogP contribution in [0.15, 0.2) is 61.1 Å². The van der Waals surface area contributed by atoms with Gasteiger partial charge in [0.1, 0.15) is 0 Å². The number of nitrogens with one attached hydrogen (secondary N) is 1. The van der Waals surface area contributed by atoms with Crippen LogP contribution in [0.1, 0.15) is 47.3 Å². The number of nitrogens with zero attached hydrogens (tertiary/aromatic N) is 4. The van der Waals surface area contributed by atoms with Crippen molar-refractivity contribution in [2.45, 2.75) is 39.2 Å². The smallest absolute Gasteiger partial charge is 0.0991 e. The monoisotopic (exact) mass is 423 g/mol. The van der Waals surface area contributed by atoms with Crippen molar-refractivity contribution in [2.75, 3.05) is 13.1 Å². The van der Waals surface area contributed by atoms with Crippen molar-refractivity contribution < 1.29 is 0 Å². The van der Waals surface area contributed by atoms with Gasteiger partial charge in [0.05, 0.1) is 35.1 Å². The van der Waals surface area contributed by atoms with Crippen molar-refractivity contribution in [3.05, 3.63) is 89.0 Å². The summed E-state index contributed by atoms with van der Waals surface area (Å²) in [4.78, 5) is 9.90. The molecule has 162 valence electrons. The summed E-state index contributed by atoms with van der Waals surface area (Å²) in [6, 6.07) is 21.5. The van der Waals surface area contributed by atoms with Gasteiger partial charge in [-0.3, -0.25) is 4.90 Å². The Morgan fingerprint density at radius 1 is 1.19 bits per heavy atom. The van der Waals surface area contributed by atoms with E-state index < -0.39 is 5.41 Å². The van der Waals surface area contributed by atoms with Gasteiger partial charge in [-0.25, -0.2) is 4.98 Å². The highest BCUT2D eigenvalue weighted by Crippen LogP contribution is 2.43. The zero-order valence-corrected chi connectivity index (χ0v) is 18.8. The standard InChI is InChI=1S/C27H29N5/c1-20-4-3-5-24(12-20)14-27(18-29)10-11-32(21(2)26-16-30-19-31-26)17-25(27)13-22-6-8-23(15-28)9-7-22/h3-9,12,16,19,21,25H,10-11,13-14,17H2,1-2H3,(H,30,31). The van der Waals surface area contributed by atoms with E-state index in [2.05, 4.69) is 65.1 Å². The molecule has 1 fully saturated rings. The van der Waals surface area contributed by atoms with Crippen LogP contribution < -0.4 is 0 Å². The minimum absolute atomic E-state index is 0.181. The van der Waals surface area contributed by atoms with Crippen molar-refractivity contribution in [1.82, 2.24) is 14.9 Å². The lowest BCUT2D eigenvalue weighted by Gasteiger charge is -2.46. The third kappa shape index (κ3) is 4.59. The molecule has 0 bridgehead atoms. The predicted octanol–water partition coefficient (Wildman–Crippen LogP) is 4.97. The molecule has 32 heavy (non-hydrogen) atoms. The molecule has 0 aliphatic carbocycles. The van der Waals surface area contributed by atoms with E-state index in [-0.39, 0.29) is 12.0 Å². The second-order valence-electron chi connectivity index (χ2n) is 9.07. The lowest BCUT2D eigenvalue weighted by Crippen LogP contribution is -2.49. The number of aromatic amines is 1. The highest BCUT2D eigenvalue weighted by molar-refractivity contribution is 5.32. The number of likely N-dealkylation sites (tertiary alicyclic amines) is 1. The van der Waals surface area contributed by atoms with Crippen LogP contribution in [0, 0.1) is 40.9 Å². The summed E-state index contributed by atoms with van der Waals surface area (Å²) < 4.78 is 0. The molecule has 1 aliphatic rings. The van der Waals surface area contributed by atoms with Crippen LogP contribution in [-0.2, 0) is 12.8 Å². The third-order valence-electron chi connectivity index (χ3n) is 6.99. The molecule has 3 unspecified atom stereocenters. The van der Waals surface area contributed by atoms with Gasteiger partial charge in [0.25, 0.3) is 0 Å². The van der Waals surface area contributed by atoms with Crippen molar-refractivity contribution in [3.63, 3.8) is 0 Å². The van der Waals surface area contributed by atoms with E-state index in [4.69, 9.17) is 5.26 Å². The molecular formula is C27H29N5. The van der Waals surface area contributed by atoms with Gasteiger partial charge in [0.2, 0.25) is 0 Å². The number of rotatable bonds is 6. The molecule has 3 atom stereocenters. The number of aryl methyl sites for hydroxylation is 1. The summed E-state index contributed by atoms with van der Waals surface area (Å²) in [5, 5.41) is 19.6. The molecule has 2 aromatic carbocycles. The molecule has 0 spiro atoms. The van der Waals surface area contributed by atoms with Gasteiger partial charge in [0, 0.05) is 25.3 Å².